The monoisotopic (exact) mass is 476 g/mol. The zero-order valence-corrected chi connectivity index (χ0v) is 21.4. The van der Waals surface area contributed by atoms with Gasteiger partial charge in [0, 0.05) is 62.8 Å². The Morgan fingerprint density at radius 3 is 2.43 bits per heavy atom. The van der Waals surface area contributed by atoms with Crippen molar-refractivity contribution >= 4 is 17.5 Å². The maximum absolute atomic E-state index is 13.0. The van der Waals surface area contributed by atoms with E-state index in [0.29, 0.717) is 11.5 Å². The number of amides is 1. The molecular weight excluding hydrogens is 440 g/mol. The fourth-order valence-electron chi connectivity index (χ4n) is 4.38. The molecule has 0 atom stereocenters. The lowest BCUT2D eigenvalue weighted by Gasteiger charge is -2.35. The summed E-state index contributed by atoms with van der Waals surface area (Å²) in [5, 5.41) is 3.26. The SMILES string of the molecule is Cc1ncc(-c2ccnc(Nc3ccc(C(=O)N4CCN(CCN(C)C)CC4)cc3)n2)n1C(C)C. The van der Waals surface area contributed by atoms with Crippen molar-refractivity contribution in [3.05, 3.63) is 54.1 Å². The number of imidazole rings is 1. The number of hydrogen-bond acceptors (Lipinski definition) is 7. The summed E-state index contributed by atoms with van der Waals surface area (Å²) in [6.45, 7) is 11.7. The Hall–Kier alpha value is -3.30. The van der Waals surface area contributed by atoms with Crippen molar-refractivity contribution < 1.29 is 4.79 Å². The second kappa shape index (κ2) is 11.0. The molecule has 35 heavy (non-hydrogen) atoms. The smallest absolute Gasteiger partial charge is 0.253 e. The lowest BCUT2D eigenvalue weighted by atomic mass is 10.1. The molecule has 0 aliphatic carbocycles. The molecule has 1 aliphatic rings. The number of likely N-dealkylation sites (N-methyl/N-ethyl adjacent to an activating group) is 1. The number of aryl methyl sites for hydroxylation is 1. The van der Waals surface area contributed by atoms with Crippen LogP contribution in [-0.4, -0.2) is 93.5 Å². The van der Waals surface area contributed by atoms with Gasteiger partial charge in [-0.3, -0.25) is 9.69 Å². The van der Waals surface area contributed by atoms with Gasteiger partial charge in [-0.25, -0.2) is 15.0 Å². The number of carbonyl (C=O) groups excluding carboxylic acids is 1. The molecule has 0 unspecified atom stereocenters. The molecule has 9 nitrogen and oxygen atoms in total. The molecule has 1 N–H and O–H groups in total. The van der Waals surface area contributed by atoms with E-state index < -0.39 is 0 Å². The van der Waals surface area contributed by atoms with Crippen molar-refractivity contribution in [2.75, 3.05) is 58.7 Å². The van der Waals surface area contributed by atoms with E-state index in [0.717, 1.165) is 62.2 Å². The number of aromatic nitrogens is 4. The fourth-order valence-corrected chi connectivity index (χ4v) is 4.38. The molecule has 2 aromatic heterocycles. The molecule has 1 fully saturated rings. The van der Waals surface area contributed by atoms with Crippen LogP contribution in [-0.2, 0) is 0 Å². The highest BCUT2D eigenvalue weighted by molar-refractivity contribution is 5.94. The summed E-state index contributed by atoms with van der Waals surface area (Å²) < 4.78 is 2.16. The Labute approximate surface area is 207 Å². The Morgan fingerprint density at radius 1 is 1.06 bits per heavy atom. The minimum absolute atomic E-state index is 0.0828. The first-order valence-electron chi connectivity index (χ1n) is 12.2. The molecule has 0 saturated carbocycles. The van der Waals surface area contributed by atoms with E-state index in [1.165, 1.54) is 0 Å². The predicted molar refractivity (Wildman–Crippen MR) is 139 cm³/mol. The van der Waals surface area contributed by atoms with E-state index in [2.05, 4.69) is 57.6 Å². The molecule has 1 aliphatic heterocycles. The van der Waals surface area contributed by atoms with Gasteiger partial charge in [-0.15, -0.1) is 0 Å². The quantitative estimate of drug-likeness (QED) is 0.534. The Morgan fingerprint density at radius 2 is 1.77 bits per heavy atom. The largest absolute Gasteiger partial charge is 0.336 e. The van der Waals surface area contributed by atoms with Gasteiger partial charge in [0.05, 0.1) is 17.6 Å². The average molecular weight is 477 g/mol. The Bertz CT molecular complexity index is 1130. The van der Waals surface area contributed by atoms with Gasteiger partial charge in [0.1, 0.15) is 5.82 Å². The highest BCUT2D eigenvalue weighted by Crippen LogP contribution is 2.24. The molecule has 3 aromatic rings. The zero-order chi connectivity index (χ0) is 24.9. The molecule has 0 bridgehead atoms. The standard InChI is InChI=1S/C26H36N8O/c1-19(2)34-20(3)28-18-24(34)23-10-11-27-26(30-23)29-22-8-6-21(7-9-22)25(35)33-16-14-32(15-17-33)13-12-31(4)5/h6-11,18-19H,12-17H2,1-5H3,(H,27,29,30). The van der Waals surface area contributed by atoms with Crippen LogP contribution in [0.1, 0.15) is 36.1 Å². The fraction of sp³-hybridized carbons (Fsp3) is 0.462. The van der Waals surface area contributed by atoms with Crippen molar-refractivity contribution in [2.24, 2.45) is 0 Å². The normalized spacial score (nSPS) is 14.7. The molecule has 4 rings (SSSR count). The van der Waals surface area contributed by atoms with Gasteiger partial charge in [0.25, 0.3) is 5.91 Å². The van der Waals surface area contributed by atoms with Gasteiger partial charge < -0.3 is 19.7 Å². The van der Waals surface area contributed by atoms with E-state index in [1.807, 2.05) is 48.4 Å². The molecule has 0 spiro atoms. The van der Waals surface area contributed by atoms with E-state index in [-0.39, 0.29) is 11.9 Å². The Kier molecular flexibility index (Phi) is 7.77. The van der Waals surface area contributed by atoms with E-state index >= 15 is 0 Å². The van der Waals surface area contributed by atoms with Crippen LogP contribution in [0.25, 0.3) is 11.4 Å². The first kappa shape index (κ1) is 24.8. The van der Waals surface area contributed by atoms with Crippen LogP contribution in [0.5, 0.6) is 0 Å². The van der Waals surface area contributed by atoms with Crippen LogP contribution in [0.3, 0.4) is 0 Å². The van der Waals surface area contributed by atoms with Crippen molar-refractivity contribution in [1.82, 2.24) is 34.2 Å². The van der Waals surface area contributed by atoms with Gasteiger partial charge >= 0.3 is 0 Å². The number of nitrogens with one attached hydrogen (secondary N) is 1. The van der Waals surface area contributed by atoms with Crippen molar-refractivity contribution in [1.29, 1.82) is 0 Å². The number of piperazine rings is 1. The van der Waals surface area contributed by atoms with Gasteiger partial charge in [0.2, 0.25) is 5.95 Å². The average Bonchev–Trinajstić information content (AvgIpc) is 3.25. The highest BCUT2D eigenvalue weighted by Gasteiger charge is 2.22. The number of benzene rings is 1. The van der Waals surface area contributed by atoms with Crippen molar-refractivity contribution in [2.45, 2.75) is 26.8 Å². The minimum Gasteiger partial charge on any atom is -0.336 e. The van der Waals surface area contributed by atoms with E-state index in [1.54, 1.807) is 6.20 Å². The van der Waals surface area contributed by atoms with Crippen LogP contribution in [0.2, 0.25) is 0 Å². The zero-order valence-electron chi connectivity index (χ0n) is 21.4. The molecule has 186 valence electrons. The summed E-state index contributed by atoms with van der Waals surface area (Å²) in [6, 6.07) is 9.71. The molecule has 0 radical (unpaired) electrons. The molecule has 1 saturated heterocycles. The third-order valence-corrected chi connectivity index (χ3v) is 6.33. The van der Waals surface area contributed by atoms with Crippen LogP contribution < -0.4 is 5.32 Å². The highest BCUT2D eigenvalue weighted by atomic mass is 16.2. The van der Waals surface area contributed by atoms with Crippen molar-refractivity contribution in [3.63, 3.8) is 0 Å². The van der Waals surface area contributed by atoms with E-state index in [9.17, 15) is 4.79 Å². The van der Waals surface area contributed by atoms with Crippen LogP contribution >= 0.6 is 0 Å². The lowest BCUT2D eigenvalue weighted by molar-refractivity contribution is 0.0630. The number of rotatable bonds is 8. The minimum atomic E-state index is 0.0828. The number of nitrogens with zero attached hydrogens (tertiary/aromatic N) is 7. The number of hydrogen-bond donors (Lipinski definition) is 1. The summed E-state index contributed by atoms with van der Waals surface area (Å²) in [7, 11) is 4.18. The molecular formula is C26H36N8O. The third-order valence-electron chi connectivity index (χ3n) is 6.33. The first-order chi connectivity index (χ1) is 16.8. The summed E-state index contributed by atoms with van der Waals surface area (Å²) in [5.41, 5.74) is 3.31. The summed E-state index contributed by atoms with van der Waals surface area (Å²) >= 11 is 0. The molecule has 3 heterocycles. The van der Waals surface area contributed by atoms with Crippen molar-refractivity contribution in [3.8, 4) is 11.4 Å². The Balaban J connectivity index is 1.38. The maximum atomic E-state index is 13.0. The maximum Gasteiger partial charge on any atom is 0.253 e. The lowest BCUT2D eigenvalue weighted by Crippen LogP contribution is -2.49. The summed E-state index contributed by atoms with van der Waals surface area (Å²) in [4.78, 5) is 33.0. The first-order valence-corrected chi connectivity index (χ1v) is 12.2. The van der Waals surface area contributed by atoms with Gasteiger partial charge in [-0.05, 0) is 65.2 Å². The number of anilines is 2. The van der Waals surface area contributed by atoms with Gasteiger partial charge in [-0.1, -0.05) is 0 Å². The predicted octanol–water partition coefficient (Wildman–Crippen LogP) is 3.29. The van der Waals surface area contributed by atoms with Crippen LogP contribution in [0.4, 0.5) is 11.6 Å². The van der Waals surface area contributed by atoms with E-state index in [4.69, 9.17) is 4.98 Å². The molecule has 1 amide bonds. The molecule has 1 aromatic carbocycles. The topological polar surface area (TPSA) is 82.4 Å². The summed E-state index contributed by atoms with van der Waals surface area (Å²) in [6.07, 6.45) is 3.59. The second-order valence-corrected chi connectivity index (χ2v) is 9.56. The van der Waals surface area contributed by atoms with Crippen LogP contribution in [0.15, 0.2) is 42.7 Å². The summed E-state index contributed by atoms with van der Waals surface area (Å²) in [5.74, 6) is 1.54. The van der Waals surface area contributed by atoms with Gasteiger partial charge in [-0.2, -0.15) is 0 Å². The number of carbonyl (C=O) groups is 1. The van der Waals surface area contributed by atoms with Crippen LogP contribution in [0, 0.1) is 6.92 Å². The second-order valence-electron chi connectivity index (χ2n) is 9.56. The molecule has 9 heteroatoms. The third kappa shape index (κ3) is 6.04. The van der Waals surface area contributed by atoms with Gasteiger partial charge in [0.15, 0.2) is 0 Å².